The molecule has 1 fully saturated rings. The molecule has 0 aliphatic carbocycles. The minimum atomic E-state index is 0.445. The van der Waals surface area contributed by atoms with Gasteiger partial charge in [0.05, 0.1) is 11.9 Å². The number of anilines is 2. The monoisotopic (exact) mass is 394 g/mol. The van der Waals surface area contributed by atoms with E-state index < -0.39 is 0 Å². The first-order valence-electron chi connectivity index (χ1n) is 10.6. The lowest BCUT2D eigenvalue weighted by Crippen LogP contribution is -2.44. The number of nitrogens with two attached hydrogens (primary N) is 1. The van der Waals surface area contributed by atoms with Gasteiger partial charge in [0.25, 0.3) is 0 Å². The van der Waals surface area contributed by atoms with Gasteiger partial charge in [-0.2, -0.15) is 5.10 Å². The molecular formula is C21H30N8. The quantitative estimate of drug-likeness (QED) is 0.593. The maximum absolute atomic E-state index is 6.14. The summed E-state index contributed by atoms with van der Waals surface area (Å²) in [6, 6.07) is 2.21. The lowest BCUT2D eigenvalue weighted by Gasteiger charge is -2.29. The highest BCUT2D eigenvalue weighted by Crippen LogP contribution is 2.20. The van der Waals surface area contributed by atoms with Crippen LogP contribution in [0.5, 0.6) is 0 Å². The molecule has 0 unspecified atom stereocenters. The van der Waals surface area contributed by atoms with Gasteiger partial charge in [-0.1, -0.05) is 25.8 Å². The van der Waals surface area contributed by atoms with Crippen LogP contribution in [0.3, 0.4) is 0 Å². The fraction of sp³-hybridized carbons (Fsp3) is 0.524. The number of nitrogens with zero attached hydrogens (tertiary/aromatic N) is 6. The van der Waals surface area contributed by atoms with Crippen LogP contribution >= 0.6 is 0 Å². The number of fused-ring (bicyclic) bond motifs is 1. The van der Waals surface area contributed by atoms with E-state index in [2.05, 4.69) is 45.2 Å². The van der Waals surface area contributed by atoms with Crippen molar-refractivity contribution in [2.75, 3.05) is 36.8 Å². The fourth-order valence-corrected chi connectivity index (χ4v) is 3.87. The Morgan fingerprint density at radius 1 is 1.17 bits per heavy atom. The van der Waals surface area contributed by atoms with E-state index in [9.17, 15) is 0 Å². The Bertz CT molecular complexity index is 974. The highest BCUT2D eigenvalue weighted by Gasteiger charge is 2.15. The van der Waals surface area contributed by atoms with Crippen molar-refractivity contribution in [1.29, 1.82) is 0 Å². The van der Waals surface area contributed by atoms with Crippen LogP contribution in [-0.2, 0) is 12.8 Å². The summed E-state index contributed by atoms with van der Waals surface area (Å²) in [6.07, 6.45) is 8.88. The molecule has 3 aromatic heterocycles. The molecular weight excluding hydrogens is 364 g/mol. The molecule has 0 amide bonds. The third-order valence-electron chi connectivity index (χ3n) is 5.35. The highest BCUT2D eigenvalue weighted by atomic mass is 15.3. The summed E-state index contributed by atoms with van der Waals surface area (Å²) in [5, 5.41) is 7.98. The second-order valence-corrected chi connectivity index (χ2v) is 7.77. The normalized spacial score (nSPS) is 14.6. The second kappa shape index (κ2) is 8.73. The van der Waals surface area contributed by atoms with Gasteiger partial charge in [-0.3, -0.25) is 0 Å². The molecule has 0 radical (unpaired) electrons. The van der Waals surface area contributed by atoms with Crippen molar-refractivity contribution in [3.05, 3.63) is 41.1 Å². The van der Waals surface area contributed by atoms with E-state index in [1.54, 1.807) is 4.52 Å². The van der Waals surface area contributed by atoms with E-state index in [4.69, 9.17) is 10.7 Å². The number of hydrogen-bond acceptors (Lipinski definition) is 7. The molecule has 8 heteroatoms. The Morgan fingerprint density at radius 3 is 2.76 bits per heavy atom. The standard InChI is InChI=1S/C21H30N8/c1-3-4-5-6-18-26-19(22)21-25-17(14-29(21)27-18)12-16-11-15(2)20(24-13-16)28-9-7-23-8-10-28/h11,13-14,23H,3-10,12H2,1-2H3,(H2,22,26,27). The second-order valence-electron chi connectivity index (χ2n) is 7.77. The summed E-state index contributed by atoms with van der Waals surface area (Å²) in [6.45, 7) is 8.33. The van der Waals surface area contributed by atoms with E-state index >= 15 is 0 Å². The molecule has 0 spiro atoms. The smallest absolute Gasteiger partial charge is 0.196 e. The molecule has 0 atom stereocenters. The van der Waals surface area contributed by atoms with Crippen molar-refractivity contribution >= 4 is 17.3 Å². The zero-order valence-corrected chi connectivity index (χ0v) is 17.4. The van der Waals surface area contributed by atoms with Crippen LogP contribution < -0.4 is 16.0 Å². The summed E-state index contributed by atoms with van der Waals surface area (Å²) in [5.74, 6) is 2.31. The first kappa shape index (κ1) is 19.6. The molecule has 0 aromatic carbocycles. The van der Waals surface area contributed by atoms with Crippen LogP contribution in [0.25, 0.3) is 5.65 Å². The minimum Gasteiger partial charge on any atom is -0.380 e. The molecule has 4 heterocycles. The Balaban J connectivity index is 1.51. The Labute approximate surface area is 171 Å². The Morgan fingerprint density at radius 2 is 2.00 bits per heavy atom. The van der Waals surface area contributed by atoms with E-state index in [0.29, 0.717) is 17.9 Å². The molecule has 1 saturated heterocycles. The summed E-state index contributed by atoms with van der Waals surface area (Å²) in [5.41, 5.74) is 10.0. The predicted molar refractivity (Wildman–Crippen MR) is 115 cm³/mol. The number of hydrogen-bond donors (Lipinski definition) is 2. The van der Waals surface area contributed by atoms with Crippen LogP contribution in [0.1, 0.15) is 48.8 Å². The number of nitrogens with one attached hydrogen (secondary N) is 1. The molecule has 154 valence electrons. The first-order chi connectivity index (χ1) is 14.1. The van der Waals surface area contributed by atoms with Crippen molar-refractivity contribution in [2.45, 2.75) is 46.0 Å². The fourth-order valence-electron chi connectivity index (χ4n) is 3.87. The number of pyridine rings is 1. The predicted octanol–water partition coefficient (Wildman–Crippen LogP) is 2.14. The molecule has 4 rings (SSSR count). The zero-order valence-electron chi connectivity index (χ0n) is 17.4. The van der Waals surface area contributed by atoms with E-state index in [1.165, 1.54) is 18.4 Å². The maximum Gasteiger partial charge on any atom is 0.196 e. The minimum absolute atomic E-state index is 0.445. The van der Waals surface area contributed by atoms with Gasteiger partial charge in [0.1, 0.15) is 5.82 Å². The lowest BCUT2D eigenvalue weighted by molar-refractivity contribution is 0.584. The van der Waals surface area contributed by atoms with Crippen LogP contribution in [-0.4, -0.2) is 50.7 Å². The number of imidazole rings is 1. The number of unbranched alkanes of at least 4 members (excludes halogenated alkanes) is 2. The summed E-state index contributed by atoms with van der Waals surface area (Å²) < 4.78 is 1.77. The van der Waals surface area contributed by atoms with Crippen molar-refractivity contribution in [2.24, 2.45) is 0 Å². The summed E-state index contributed by atoms with van der Waals surface area (Å²) >= 11 is 0. The number of piperazine rings is 1. The molecule has 0 saturated carbocycles. The zero-order chi connectivity index (χ0) is 20.2. The molecule has 8 nitrogen and oxygen atoms in total. The number of rotatable bonds is 7. The van der Waals surface area contributed by atoms with Gasteiger partial charge in [-0.25, -0.2) is 19.5 Å². The van der Waals surface area contributed by atoms with Crippen molar-refractivity contribution in [3.63, 3.8) is 0 Å². The van der Waals surface area contributed by atoms with Gasteiger partial charge >= 0.3 is 0 Å². The van der Waals surface area contributed by atoms with E-state index in [1.807, 2.05) is 12.4 Å². The van der Waals surface area contributed by atoms with E-state index in [-0.39, 0.29) is 0 Å². The molecule has 1 aliphatic rings. The van der Waals surface area contributed by atoms with Gasteiger partial charge in [0.2, 0.25) is 0 Å². The Kier molecular flexibility index (Phi) is 5.89. The van der Waals surface area contributed by atoms with E-state index in [0.717, 1.165) is 61.9 Å². The number of aromatic nitrogens is 5. The maximum atomic E-state index is 6.14. The molecule has 29 heavy (non-hydrogen) atoms. The molecule has 3 aromatic rings. The average molecular weight is 395 g/mol. The van der Waals surface area contributed by atoms with Gasteiger partial charge in [0, 0.05) is 45.2 Å². The topological polar surface area (TPSA) is 97.3 Å². The number of nitrogen functional groups attached to an aromatic ring is 1. The van der Waals surface area contributed by atoms with Crippen LogP contribution in [0.4, 0.5) is 11.6 Å². The third-order valence-corrected chi connectivity index (χ3v) is 5.35. The van der Waals surface area contributed by atoms with Gasteiger partial charge < -0.3 is 16.0 Å². The average Bonchev–Trinajstić information content (AvgIpc) is 3.12. The van der Waals surface area contributed by atoms with Crippen LogP contribution in [0.2, 0.25) is 0 Å². The van der Waals surface area contributed by atoms with Gasteiger partial charge in [-0.05, 0) is 24.5 Å². The van der Waals surface area contributed by atoms with Crippen molar-refractivity contribution in [1.82, 2.24) is 29.9 Å². The van der Waals surface area contributed by atoms with Crippen molar-refractivity contribution < 1.29 is 0 Å². The summed E-state index contributed by atoms with van der Waals surface area (Å²) in [4.78, 5) is 16.2. The molecule has 1 aliphatic heterocycles. The van der Waals surface area contributed by atoms with Crippen LogP contribution in [0, 0.1) is 6.92 Å². The van der Waals surface area contributed by atoms with Gasteiger partial charge in [0.15, 0.2) is 17.3 Å². The molecule has 0 bridgehead atoms. The SMILES string of the molecule is CCCCCc1nc(N)c2nc(Cc3cnc(N4CCNCC4)c(C)c3)cn2n1. The van der Waals surface area contributed by atoms with Crippen LogP contribution in [0.15, 0.2) is 18.5 Å². The highest BCUT2D eigenvalue weighted by molar-refractivity contribution is 5.59. The Hall–Kier alpha value is -2.74. The largest absolute Gasteiger partial charge is 0.380 e. The lowest BCUT2D eigenvalue weighted by atomic mass is 10.1. The third kappa shape index (κ3) is 4.48. The summed E-state index contributed by atoms with van der Waals surface area (Å²) in [7, 11) is 0. The molecule has 3 N–H and O–H groups in total. The van der Waals surface area contributed by atoms with Gasteiger partial charge in [-0.15, -0.1) is 0 Å². The first-order valence-corrected chi connectivity index (χ1v) is 10.6. The van der Waals surface area contributed by atoms with Crippen molar-refractivity contribution in [3.8, 4) is 0 Å². The number of aryl methyl sites for hydroxylation is 2.